The van der Waals surface area contributed by atoms with E-state index in [1.165, 1.54) is 19.3 Å². The number of halogens is 1. The van der Waals surface area contributed by atoms with E-state index in [9.17, 15) is 4.39 Å². The Kier molecular flexibility index (Phi) is 3.89. The van der Waals surface area contributed by atoms with Crippen molar-refractivity contribution in [2.45, 2.75) is 38.5 Å². The zero-order valence-electron chi connectivity index (χ0n) is 9.21. The lowest BCUT2D eigenvalue weighted by Crippen LogP contribution is -2.31. The molecule has 0 N–H and O–H groups in total. The van der Waals surface area contributed by atoms with E-state index < -0.39 is 0 Å². The Morgan fingerprint density at radius 1 is 1.20 bits per heavy atom. The van der Waals surface area contributed by atoms with Crippen molar-refractivity contribution in [1.82, 2.24) is 4.90 Å². The first-order valence-electron chi connectivity index (χ1n) is 5.98. The predicted molar refractivity (Wildman–Crippen MR) is 60.8 cm³/mol. The molecule has 0 radical (unpaired) electrons. The third kappa shape index (κ3) is 3.13. The van der Waals surface area contributed by atoms with E-state index in [1.54, 1.807) is 0 Å². The van der Waals surface area contributed by atoms with Crippen molar-refractivity contribution in [3.63, 3.8) is 0 Å². The van der Waals surface area contributed by atoms with E-state index in [-0.39, 0.29) is 5.83 Å². The van der Waals surface area contributed by atoms with Crippen LogP contribution in [0, 0.1) is 0 Å². The van der Waals surface area contributed by atoms with Gasteiger partial charge in [-0.05, 0) is 38.8 Å². The number of piperidine rings is 1. The van der Waals surface area contributed by atoms with Gasteiger partial charge in [0.2, 0.25) is 0 Å². The second-order valence-electron chi connectivity index (χ2n) is 4.39. The van der Waals surface area contributed by atoms with Crippen LogP contribution in [0.2, 0.25) is 0 Å². The molecule has 0 atom stereocenters. The molecule has 0 aromatic carbocycles. The highest BCUT2D eigenvalue weighted by Gasteiger charge is 2.15. The van der Waals surface area contributed by atoms with Gasteiger partial charge in [-0.3, -0.25) is 9.89 Å². The van der Waals surface area contributed by atoms with Crippen molar-refractivity contribution in [2.24, 2.45) is 4.99 Å². The Bertz CT molecular complexity index is 265. The molecule has 0 aliphatic carbocycles. The van der Waals surface area contributed by atoms with Gasteiger partial charge in [0.05, 0.1) is 5.70 Å². The summed E-state index contributed by atoms with van der Waals surface area (Å²) in [6.45, 7) is 2.92. The molecule has 0 aromatic heterocycles. The zero-order valence-corrected chi connectivity index (χ0v) is 9.21. The van der Waals surface area contributed by atoms with E-state index >= 15 is 0 Å². The molecule has 0 saturated carbocycles. The monoisotopic (exact) mass is 210 g/mol. The summed E-state index contributed by atoms with van der Waals surface area (Å²) in [4.78, 5) is 6.56. The van der Waals surface area contributed by atoms with E-state index in [2.05, 4.69) is 9.89 Å². The second-order valence-corrected chi connectivity index (χ2v) is 4.39. The standard InChI is InChI=1S/C12H19FN2/c13-11-6-2-3-7-14-12(11)10-15-8-4-1-5-9-15/h7H,1-6,8-10H2. The van der Waals surface area contributed by atoms with Crippen LogP contribution in [-0.2, 0) is 0 Å². The molecule has 2 rings (SSSR count). The predicted octanol–water partition coefficient (Wildman–Crippen LogP) is 2.91. The molecule has 1 saturated heterocycles. The van der Waals surface area contributed by atoms with Crippen molar-refractivity contribution in [3.8, 4) is 0 Å². The Morgan fingerprint density at radius 2 is 2.00 bits per heavy atom. The van der Waals surface area contributed by atoms with Crippen LogP contribution in [0.25, 0.3) is 0 Å². The third-order valence-corrected chi connectivity index (χ3v) is 3.11. The van der Waals surface area contributed by atoms with Gasteiger partial charge in [-0.15, -0.1) is 0 Å². The number of nitrogens with zero attached hydrogens (tertiary/aromatic N) is 2. The first-order chi connectivity index (χ1) is 7.36. The van der Waals surface area contributed by atoms with Crippen LogP contribution in [0.1, 0.15) is 38.5 Å². The molecular weight excluding hydrogens is 191 g/mol. The number of aliphatic imine (C=N–C) groups is 1. The lowest BCUT2D eigenvalue weighted by Gasteiger charge is -2.26. The Balaban J connectivity index is 1.95. The summed E-state index contributed by atoms with van der Waals surface area (Å²) in [5, 5.41) is 0. The fourth-order valence-corrected chi connectivity index (χ4v) is 2.19. The lowest BCUT2D eigenvalue weighted by molar-refractivity contribution is 0.244. The maximum Gasteiger partial charge on any atom is 0.123 e. The van der Waals surface area contributed by atoms with Gasteiger partial charge in [0.25, 0.3) is 0 Å². The first kappa shape index (κ1) is 10.8. The van der Waals surface area contributed by atoms with Crippen molar-refractivity contribution < 1.29 is 4.39 Å². The maximum atomic E-state index is 13.6. The number of likely N-dealkylation sites (tertiary alicyclic amines) is 1. The first-order valence-corrected chi connectivity index (χ1v) is 5.98. The number of hydrogen-bond acceptors (Lipinski definition) is 2. The van der Waals surface area contributed by atoms with Gasteiger partial charge in [0.15, 0.2) is 0 Å². The quantitative estimate of drug-likeness (QED) is 0.684. The number of hydrogen-bond donors (Lipinski definition) is 0. The van der Waals surface area contributed by atoms with Gasteiger partial charge >= 0.3 is 0 Å². The van der Waals surface area contributed by atoms with Crippen LogP contribution in [-0.4, -0.2) is 30.7 Å². The van der Waals surface area contributed by atoms with Crippen LogP contribution < -0.4 is 0 Å². The zero-order chi connectivity index (χ0) is 10.5. The molecule has 2 aliphatic heterocycles. The third-order valence-electron chi connectivity index (χ3n) is 3.11. The number of allylic oxidation sites excluding steroid dienone is 1. The summed E-state index contributed by atoms with van der Waals surface area (Å²) in [5.74, 6) is 0.00863. The van der Waals surface area contributed by atoms with E-state index in [1.807, 2.05) is 6.21 Å². The van der Waals surface area contributed by atoms with E-state index in [0.717, 1.165) is 25.9 Å². The highest BCUT2D eigenvalue weighted by Crippen LogP contribution is 2.20. The SMILES string of the molecule is FC1=C(CN2CCCCC2)N=CCCC1. The Labute approximate surface area is 90.9 Å². The molecule has 0 aromatic rings. The fraction of sp³-hybridized carbons (Fsp3) is 0.750. The van der Waals surface area contributed by atoms with Crippen molar-refractivity contribution in [2.75, 3.05) is 19.6 Å². The molecule has 15 heavy (non-hydrogen) atoms. The summed E-state index contributed by atoms with van der Waals surface area (Å²) in [7, 11) is 0. The van der Waals surface area contributed by atoms with Crippen LogP contribution in [0.4, 0.5) is 4.39 Å². The highest BCUT2D eigenvalue weighted by atomic mass is 19.1. The van der Waals surface area contributed by atoms with E-state index in [0.29, 0.717) is 18.7 Å². The molecule has 0 spiro atoms. The fourth-order valence-electron chi connectivity index (χ4n) is 2.19. The van der Waals surface area contributed by atoms with Crippen LogP contribution in [0.5, 0.6) is 0 Å². The average Bonchev–Trinajstić information content (AvgIpc) is 2.46. The molecule has 0 bridgehead atoms. The molecule has 0 amide bonds. The molecule has 84 valence electrons. The minimum Gasteiger partial charge on any atom is -0.297 e. The largest absolute Gasteiger partial charge is 0.297 e. The minimum atomic E-state index is 0.00863. The van der Waals surface area contributed by atoms with Gasteiger partial charge in [-0.1, -0.05) is 6.42 Å². The number of rotatable bonds is 2. The van der Waals surface area contributed by atoms with Gasteiger partial charge in [0.1, 0.15) is 5.83 Å². The molecule has 1 fully saturated rings. The summed E-state index contributed by atoms with van der Waals surface area (Å²) < 4.78 is 13.6. The molecule has 3 heteroatoms. The van der Waals surface area contributed by atoms with Crippen molar-refractivity contribution in [1.29, 1.82) is 0 Å². The van der Waals surface area contributed by atoms with Crippen molar-refractivity contribution in [3.05, 3.63) is 11.5 Å². The molecule has 2 nitrogen and oxygen atoms in total. The topological polar surface area (TPSA) is 15.6 Å². The summed E-state index contributed by atoms with van der Waals surface area (Å²) in [6.07, 6.45) is 8.07. The summed E-state index contributed by atoms with van der Waals surface area (Å²) >= 11 is 0. The summed E-state index contributed by atoms with van der Waals surface area (Å²) in [5.41, 5.74) is 0.675. The minimum absolute atomic E-state index is 0.00863. The molecular formula is C12H19FN2. The van der Waals surface area contributed by atoms with Gasteiger partial charge in [-0.2, -0.15) is 0 Å². The van der Waals surface area contributed by atoms with Gasteiger partial charge in [-0.25, -0.2) is 4.39 Å². The smallest absolute Gasteiger partial charge is 0.123 e. The van der Waals surface area contributed by atoms with Crippen LogP contribution in [0.3, 0.4) is 0 Å². The lowest BCUT2D eigenvalue weighted by atomic mass is 10.1. The van der Waals surface area contributed by atoms with Gasteiger partial charge < -0.3 is 0 Å². The average molecular weight is 210 g/mol. The highest BCUT2D eigenvalue weighted by molar-refractivity contribution is 5.59. The van der Waals surface area contributed by atoms with Crippen LogP contribution in [0.15, 0.2) is 16.5 Å². The maximum absolute atomic E-state index is 13.6. The molecule has 2 heterocycles. The second kappa shape index (κ2) is 5.40. The Morgan fingerprint density at radius 3 is 2.80 bits per heavy atom. The molecule has 0 unspecified atom stereocenters. The van der Waals surface area contributed by atoms with E-state index in [4.69, 9.17) is 0 Å². The van der Waals surface area contributed by atoms with Crippen LogP contribution >= 0.6 is 0 Å². The molecule has 2 aliphatic rings. The normalized spacial score (nSPS) is 24.3. The van der Waals surface area contributed by atoms with Gasteiger partial charge in [0, 0.05) is 19.2 Å². The Hall–Kier alpha value is -0.700. The summed E-state index contributed by atoms with van der Waals surface area (Å²) in [6, 6.07) is 0. The van der Waals surface area contributed by atoms with Crippen molar-refractivity contribution >= 4 is 6.21 Å².